The van der Waals surface area contributed by atoms with Gasteiger partial charge in [-0.3, -0.25) is 4.79 Å². The quantitative estimate of drug-likeness (QED) is 0.673. The van der Waals surface area contributed by atoms with E-state index in [-0.39, 0.29) is 18.1 Å². The first-order valence-electron chi connectivity index (χ1n) is 7.36. The Morgan fingerprint density at radius 2 is 2.05 bits per heavy atom. The summed E-state index contributed by atoms with van der Waals surface area (Å²) in [5.74, 6) is 0.227. The Labute approximate surface area is 116 Å². The lowest BCUT2D eigenvalue weighted by atomic mass is 10.1. The van der Waals surface area contributed by atoms with Gasteiger partial charge in [0.05, 0.1) is 19.3 Å². The highest BCUT2D eigenvalue weighted by Crippen LogP contribution is 2.15. The van der Waals surface area contributed by atoms with E-state index in [1.807, 2.05) is 18.7 Å². The summed E-state index contributed by atoms with van der Waals surface area (Å²) in [7, 11) is 0. The Bertz CT molecular complexity index is 251. The molecule has 1 fully saturated rings. The summed E-state index contributed by atoms with van der Waals surface area (Å²) in [6.45, 7) is 7.56. The van der Waals surface area contributed by atoms with Crippen LogP contribution in [0.15, 0.2) is 0 Å². The zero-order chi connectivity index (χ0) is 14.1. The predicted molar refractivity (Wildman–Crippen MR) is 74.9 cm³/mol. The van der Waals surface area contributed by atoms with Crippen molar-refractivity contribution in [2.75, 3.05) is 32.9 Å². The number of likely N-dealkylation sites (tertiary alicyclic amines) is 1. The van der Waals surface area contributed by atoms with Crippen molar-refractivity contribution in [3.8, 4) is 0 Å². The van der Waals surface area contributed by atoms with E-state index in [9.17, 15) is 4.79 Å². The van der Waals surface area contributed by atoms with Gasteiger partial charge in [-0.25, -0.2) is 0 Å². The molecule has 0 spiro atoms. The maximum Gasteiger partial charge on any atom is 0.222 e. The molecule has 1 atom stereocenters. The number of nitrogens with two attached hydrogens (primary N) is 1. The molecular weight excluding hydrogens is 244 g/mol. The molecular formula is C14H28N2O3. The molecule has 0 radical (unpaired) electrons. The van der Waals surface area contributed by atoms with Crippen LogP contribution in [0.5, 0.6) is 0 Å². The van der Waals surface area contributed by atoms with Crippen LogP contribution in [0.1, 0.15) is 39.5 Å². The van der Waals surface area contributed by atoms with Gasteiger partial charge in [-0.15, -0.1) is 0 Å². The zero-order valence-electron chi connectivity index (χ0n) is 12.3. The molecule has 0 bridgehead atoms. The molecule has 5 nitrogen and oxygen atoms in total. The van der Waals surface area contributed by atoms with Crippen LogP contribution < -0.4 is 5.73 Å². The maximum absolute atomic E-state index is 11.9. The number of rotatable bonds is 8. The molecule has 1 aliphatic heterocycles. The topological polar surface area (TPSA) is 64.8 Å². The number of carbonyl (C=O) groups excluding carboxylic acids is 1. The molecule has 0 aliphatic carbocycles. The second-order valence-electron chi connectivity index (χ2n) is 5.16. The van der Waals surface area contributed by atoms with Crippen molar-refractivity contribution < 1.29 is 14.3 Å². The molecule has 0 aromatic rings. The number of carbonyl (C=O) groups is 1. The molecule has 1 saturated heterocycles. The Morgan fingerprint density at radius 1 is 1.37 bits per heavy atom. The fourth-order valence-electron chi connectivity index (χ4n) is 2.20. The molecule has 2 N–H and O–H groups in total. The van der Waals surface area contributed by atoms with Crippen molar-refractivity contribution in [3.05, 3.63) is 0 Å². The normalized spacial score (nSPS) is 18.6. The smallest absolute Gasteiger partial charge is 0.222 e. The van der Waals surface area contributed by atoms with Crippen LogP contribution in [-0.4, -0.2) is 55.9 Å². The van der Waals surface area contributed by atoms with Gasteiger partial charge in [0.25, 0.3) is 0 Å². The van der Waals surface area contributed by atoms with Gasteiger partial charge in [-0.1, -0.05) is 0 Å². The third-order valence-electron chi connectivity index (χ3n) is 3.39. The predicted octanol–water partition coefficient (Wildman–Crippen LogP) is 1.16. The Balaban J connectivity index is 2.12. The number of hydrogen-bond acceptors (Lipinski definition) is 4. The van der Waals surface area contributed by atoms with Crippen molar-refractivity contribution in [3.63, 3.8) is 0 Å². The highest BCUT2D eigenvalue weighted by atomic mass is 16.5. The van der Waals surface area contributed by atoms with Crippen LogP contribution in [0.2, 0.25) is 0 Å². The van der Waals surface area contributed by atoms with Gasteiger partial charge in [-0.05, 0) is 33.1 Å². The third kappa shape index (κ3) is 6.89. The summed E-state index contributed by atoms with van der Waals surface area (Å²) in [4.78, 5) is 13.9. The van der Waals surface area contributed by atoms with Crippen LogP contribution in [0, 0.1) is 0 Å². The summed E-state index contributed by atoms with van der Waals surface area (Å²) in [5.41, 5.74) is 5.67. The molecule has 112 valence electrons. The molecule has 19 heavy (non-hydrogen) atoms. The molecule has 1 rings (SSSR count). The fraction of sp³-hybridized carbons (Fsp3) is 0.929. The van der Waals surface area contributed by atoms with Crippen molar-refractivity contribution in [1.82, 2.24) is 4.90 Å². The Kier molecular flexibility index (Phi) is 8.02. The van der Waals surface area contributed by atoms with Crippen molar-refractivity contribution >= 4 is 5.91 Å². The van der Waals surface area contributed by atoms with E-state index in [1.165, 1.54) is 0 Å². The summed E-state index contributed by atoms with van der Waals surface area (Å²) in [6.07, 6.45) is 3.46. The van der Waals surface area contributed by atoms with Crippen LogP contribution in [0.3, 0.4) is 0 Å². The van der Waals surface area contributed by atoms with E-state index in [1.54, 1.807) is 0 Å². The maximum atomic E-state index is 11.9. The van der Waals surface area contributed by atoms with Crippen LogP contribution in [0.25, 0.3) is 0 Å². The van der Waals surface area contributed by atoms with Gasteiger partial charge in [0.2, 0.25) is 5.91 Å². The largest absolute Gasteiger partial charge is 0.379 e. The molecule has 0 aromatic carbocycles. The standard InChI is InChI=1S/C14H28N2O3/c1-3-18-10-11-19-13-6-8-16(9-7-13)14(17)5-4-12(2)15/h12-13H,3-11,15H2,1-2H3. The van der Waals surface area contributed by atoms with E-state index in [0.717, 1.165) is 39.0 Å². The van der Waals surface area contributed by atoms with Gasteiger partial charge in [0.15, 0.2) is 0 Å². The summed E-state index contributed by atoms with van der Waals surface area (Å²) in [5, 5.41) is 0. The van der Waals surface area contributed by atoms with Crippen LogP contribution >= 0.6 is 0 Å². The van der Waals surface area contributed by atoms with Gasteiger partial charge < -0.3 is 20.1 Å². The van der Waals surface area contributed by atoms with Crippen molar-refractivity contribution in [2.45, 2.75) is 51.7 Å². The Morgan fingerprint density at radius 3 is 2.63 bits per heavy atom. The lowest BCUT2D eigenvalue weighted by Gasteiger charge is -2.32. The first-order valence-corrected chi connectivity index (χ1v) is 7.36. The summed E-state index contributed by atoms with van der Waals surface area (Å²) < 4.78 is 11.0. The first-order chi connectivity index (χ1) is 9.13. The number of nitrogens with zero attached hydrogens (tertiary/aromatic N) is 1. The SMILES string of the molecule is CCOCCOC1CCN(C(=O)CCC(C)N)CC1. The third-order valence-corrected chi connectivity index (χ3v) is 3.39. The number of piperidine rings is 1. The molecule has 0 saturated carbocycles. The van der Waals surface area contributed by atoms with Crippen LogP contribution in [0.4, 0.5) is 0 Å². The molecule has 1 heterocycles. The highest BCUT2D eigenvalue weighted by molar-refractivity contribution is 5.76. The second-order valence-corrected chi connectivity index (χ2v) is 5.16. The van der Waals surface area contributed by atoms with Gasteiger partial charge >= 0.3 is 0 Å². The highest BCUT2D eigenvalue weighted by Gasteiger charge is 2.22. The van der Waals surface area contributed by atoms with Crippen LogP contribution in [-0.2, 0) is 14.3 Å². The average molecular weight is 272 g/mol. The second kappa shape index (κ2) is 9.28. The molecule has 1 unspecified atom stereocenters. The van der Waals surface area contributed by atoms with Gasteiger partial charge in [0, 0.05) is 32.2 Å². The van der Waals surface area contributed by atoms with Crippen molar-refractivity contribution in [2.24, 2.45) is 5.73 Å². The Hall–Kier alpha value is -0.650. The first kappa shape index (κ1) is 16.4. The summed E-state index contributed by atoms with van der Waals surface area (Å²) in [6, 6.07) is 0.100. The minimum absolute atomic E-state index is 0.100. The fourth-order valence-corrected chi connectivity index (χ4v) is 2.20. The summed E-state index contributed by atoms with van der Waals surface area (Å²) >= 11 is 0. The lowest BCUT2D eigenvalue weighted by molar-refractivity contribution is -0.134. The molecule has 1 aliphatic rings. The number of hydrogen-bond donors (Lipinski definition) is 1. The van der Waals surface area contributed by atoms with Gasteiger partial charge in [0.1, 0.15) is 0 Å². The lowest BCUT2D eigenvalue weighted by Crippen LogP contribution is -2.41. The van der Waals surface area contributed by atoms with E-state index >= 15 is 0 Å². The minimum Gasteiger partial charge on any atom is -0.379 e. The van der Waals surface area contributed by atoms with Crippen molar-refractivity contribution in [1.29, 1.82) is 0 Å². The average Bonchev–Trinajstić information content (AvgIpc) is 2.41. The molecule has 1 amide bonds. The van der Waals surface area contributed by atoms with E-state index in [0.29, 0.717) is 19.6 Å². The van der Waals surface area contributed by atoms with Gasteiger partial charge in [-0.2, -0.15) is 0 Å². The monoisotopic (exact) mass is 272 g/mol. The molecule has 5 heteroatoms. The minimum atomic E-state index is 0.100. The number of amides is 1. The van der Waals surface area contributed by atoms with E-state index in [4.69, 9.17) is 15.2 Å². The zero-order valence-corrected chi connectivity index (χ0v) is 12.3. The number of ether oxygens (including phenoxy) is 2. The van der Waals surface area contributed by atoms with E-state index < -0.39 is 0 Å². The van der Waals surface area contributed by atoms with E-state index in [2.05, 4.69) is 0 Å². The molecule has 0 aromatic heterocycles.